The Labute approximate surface area is 166 Å². The maximum atomic E-state index is 12.7. The first-order valence-electron chi connectivity index (χ1n) is 8.20. The molecule has 0 unspecified atom stereocenters. The molecule has 0 aliphatic carbocycles. The van der Waals surface area contributed by atoms with Crippen LogP contribution in [0, 0.1) is 6.92 Å². The predicted molar refractivity (Wildman–Crippen MR) is 107 cm³/mol. The number of hydrogen-bond acceptors (Lipinski definition) is 4. The monoisotopic (exact) mass is 405 g/mol. The molecule has 2 aromatic rings. The predicted octanol–water partition coefficient (Wildman–Crippen LogP) is 4.43. The number of aryl methyl sites for hydroxylation is 1. The maximum absolute atomic E-state index is 12.7. The first-order valence-corrected chi connectivity index (χ1v) is 8.96. The van der Waals surface area contributed by atoms with Crippen molar-refractivity contribution in [2.75, 3.05) is 17.4 Å². The second-order valence-corrected chi connectivity index (χ2v) is 6.83. The number of anilines is 2. The van der Waals surface area contributed by atoms with Crippen molar-refractivity contribution in [3.8, 4) is 5.75 Å². The topological polar surface area (TPSA) is 71.0 Å². The van der Waals surface area contributed by atoms with E-state index in [4.69, 9.17) is 27.9 Å². The van der Waals surface area contributed by atoms with Gasteiger partial charge in [0.1, 0.15) is 11.5 Å². The van der Waals surface area contributed by atoms with Crippen LogP contribution in [0.25, 0.3) is 0 Å². The zero-order chi connectivity index (χ0) is 19.6. The van der Waals surface area contributed by atoms with Gasteiger partial charge in [-0.15, -0.1) is 0 Å². The Kier molecular flexibility index (Phi) is 5.68. The molecular weight excluding hydrogens is 389 g/mol. The van der Waals surface area contributed by atoms with Gasteiger partial charge in [0.2, 0.25) is 5.91 Å². The molecule has 1 aliphatic rings. The van der Waals surface area contributed by atoms with Gasteiger partial charge in [-0.1, -0.05) is 23.2 Å². The summed E-state index contributed by atoms with van der Waals surface area (Å²) in [5, 5.41) is 9.33. The second-order valence-electron chi connectivity index (χ2n) is 5.98. The number of methoxy groups -OCH3 is 1. The molecule has 0 saturated carbocycles. The van der Waals surface area contributed by atoms with Gasteiger partial charge in [-0.05, 0) is 42.8 Å². The van der Waals surface area contributed by atoms with E-state index in [0.717, 1.165) is 5.56 Å². The number of hydrazone groups is 1. The molecule has 140 valence electrons. The van der Waals surface area contributed by atoms with Crippen LogP contribution in [0.1, 0.15) is 18.4 Å². The number of nitrogens with one attached hydrogen (secondary N) is 1. The summed E-state index contributed by atoms with van der Waals surface area (Å²) in [5.41, 5.74) is 2.09. The zero-order valence-corrected chi connectivity index (χ0v) is 16.3. The fraction of sp³-hybridized carbons (Fsp3) is 0.211. The number of ether oxygens (including phenoxy) is 1. The van der Waals surface area contributed by atoms with Gasteiger partial charge in [-0.2, -0.15) is 5.10 Å². The SMILES string of the molecule is COc1cc(Cl)c(C)cc1NC(=O)C1=NN(c2ccc(Cl)cc2)C(=O)CC1. The van der Waals surface area contributed by atoms with Crippen LogP contribution in [-0.4, -0.2) is 24.6 Å². The molecule has 2 amide bonds. The van der Waals surface area contributed by atoms with Crippen LogP contribution in [0.4, 0.5) is 11.4 Å². The summed E-state index contributed by atoms with van der Waals surface area (Å²) in [5.74, 6) is -0.142. The van der Waals surface area contributed by atoms with Gasteiger partial charge >= 0.3 is 0 Å². The van der Waals surface area contributed by atoms with E-state index >= 15 is 0 Å². The van der Waals surface area contributed by atoms with Gasteiger partial charge in [-0.3, -0.25) is 9.59 Å². The van der Waals surface area contributed by atoms with Crippen LogP contribution in [0.2, 0.25) is 10.0 Å². The van der Waals surface area contributed by atoms with Gasteiger partial charge in [0.25, 0.3) is 5.91 Å². The molecule has 0 fully saturated rings. The van der Waals surface area contributed by atoms with Crippen LogP contribution in [-0.2, 0) is 9.59 Å². The number of nitrogens with zero attached hydrogens (tertiary/aromatic N) is 2. The van der Waals surface area contributed by atoms with Gasteiger partial charge in [0.05, 0.1) is 18.5 Å². The number of hydrogen-bond donors (Lipinski definition) is 1. The summed E-state index contributed by atoms with van der Waals surface area (Å²) >= 11 is 12.0. The highest BCUT2D eigenvalue weighted by Crippen LogP contribution is 2.31. The summed E-state index contributed by atoms with van der Waals surface area (Å²) in [4.78, 5) is 24.9. The number of carbonyl (C=O) groups is 2. The van der Waals surface area contributed by atoms with Crippen LogP contribution >= 0.6 is 23.2 Å². The molecule has 1 aliphatic heterocycles. The van der Waals surface area contributed by atoms with Crippen molar-refractivity contribution in [3.05, 3.63) is 52.0 Å². The fourth-order valence-corrected chi connectivity index (χ4v) is 2.90. The third-order valence-corrected chi connectivity index (χ3v) is 4.75. The Hall–Kier alpha value is -2.57. The Morgan fingerprint density at radius 1 is 1.19 bits per heavy atom. The fourth-order valence-electron chi connectivity index (χ4n) is 2.62. The minimum atomic E-state index is -0.401. The molecule has 6 nitrogen and oxygen atoms in total. The average molecular weight is 406 g/mol. The van der Waals surface area contributed by atoms with E-state index in [-0.39, 0.29) is 24.5 Å². The van der Waals surface area contributed by atoms with E-state index < -0.39 is 5.91 Å². The zero-order valence-electron chi connectivity index (χ0n) is 14.8. The molecular formula is C19H17Cl2N3O3. The lowest BCUT2D eigenvalue weighted by Gasteiger charge is -2.23. The maximum Gasteiger partial charge on any atom is 0.271 e. The molecule has 0 atom stereocenters. The molecule has 1 heterocycles. The van der Waals surface area contributed by atoms with Crippen molar-refractivity contribution in [2.24, 2.45) is 5.10 Å². The highest BCUT2D eigenvalue weighted by atomic mass is 35.5. The minimum Gasteiger partial charge on any atom is -0.495 e. The smallest absolute Gasteiger partial charge is 0.271 e. The summed E-state index contributed by atoms with van der Waals surface area (Å²) in [6.45, 7) is 1.83. The Morgan fingerprint density at radius 2 is 1.89 bits per heavy atom. The summed E-state index contributed by atoms with van der Waals surface area (Å²) in [7, 11) is 1.50. The number of halogens is 2. The summed E-state index contributed by atoms with van der Waals surface area (Å²) in [6, 6.07) is 10.0. The van der Waals surface area contributed by atoms with E-state index in [0.29, 0.717) is 27.2 Å². The number of carbonyl (C=O) groups excluding carboxylic acids is 2. The molecule has 0 aromatic heterocycles. The molecule has 2 aromatic carbocycles. The first kappa shape index (κ1) is 19.2. The third-order valence-electron chi connectivity index (χ3n) is 4.09. The highest BCUT2D eigenvalue weighted by Gasteiger charge is 2.26. The molecule has 27 heavy (non-hydrogen) atoms. The van der Waals surface area contributed by atoms with E-state index in [1.807, 2.05) is 6.92 Å². The number of amides is 2. The van der Waals surface area contributed by atoms with Crippen LogP contribution in [0.15, 0.2) is 41.5 Å². The molecule has 0 radical (unpaired) electrons. The van der Waals surface area contributed by atoms with E-state index in [1.165, 1.54) is 12.1 Å². The molecule has 1 N–H and O–H groups in total. The van der Waals surface area contributed by atoms with Crippen molar-refractivity contribution in [2.45, 2.75) is 19.8 Å². The van der Waals surface area contributed by atoms with Crippen LogP contribution in [0.5, 0.6) is 5.75 Å². The van der Waals surface area contributed by atoms with Crippen molar-refractivity contribution >= 4 is 52.1 Å². The third kappa shape index (κ3) is 4.23. The lowest BCUT2D eigenvalue weighted by Crippen LogP contribution is -2.36. The van der Waals surface area contributed by atoms with Gasteiger partial charge in [-0.25, -0.2) is 5.01 Å². The summed E-state index contributed by atoms with van der Waals surface area (Å²) < 4.78 is 5.27. The normalized spacial score (nSPS) is 14.0. The Bertz CT molecular complexity index is 927. The second kappa shape index (κ2) is 7.98. The van der Waals surface area contributed by atoms with Crippen molar-refractivity contribution in [1.82, 2.24) is 0 Å². The highest BCUT2D eigenvalue weighted by molar-refractivity contribution is 6.44. The first-order chi connectivity index (χ1) is 12.9. The summed E-state index contributed by atoms with van der Waals surface area (Å²) in [6.07, 6.45) is 0.440. The largest absolute Gasteiger partial charge is 0.495 e. The molecule has 0 bridgehead atoms. The Morgan fingerprint density at radius 3 is 2.56 bits per heavy atom. The van der Waals surface area contributed by atoms with E-state index in [9.17, 15) is 9.59 Å². The molecule has 0 saturated heterocycles. The van der Waals surface area contributed by atoms with Crippen LogP contribution < -0.4 is 15.1 Å². The lowest BCUT2D eigenvalue weighted by atomic mass is 10.1. The standard InChI is InChI=1S/C19H17Cl2N3O3/c1-11-9-16(17(27-2)10-14(11)21)22-19(26)15-7-8-18(25)24(23-15)13-5-3-12(20)4-6-13/h3-6,9-10H,7-8H2,1-2H3,(H,22,26). The van der Waals surface area contributed by atoms with Crippen molar-refractivity contribution < 1.29 is 14.3 Å². The lowest BCUT2D eigenvalue weighted by molar-refractivity contribution is -0.118. The van der Waals surface area contributed by atoms with Gasteiger partial charge < -0.3 is 10.1 Å². The number of rotatable bonds is 4. The molecule has 8 heteroatoms. The molecule has 0 spiro atoms. The van der Waals surface area contributed by atoms with E-state index in [2.05, 4.69) is 10.4 Å². The Balaban J connectivity index is 1.86. The number of benzene rings is 2. The van der Waals surface area contributed by atoms with Crippen LogP contribution in [0.3, 0.4) is 0 Å². The quantitative estimate of drug-likeness (QED) is 0.817. The van der Waals surface area contributed by atoms with Crippen molar-refractivity contribution in [1.29, 1.82) is 0 Å². The van der Waals surface area contributed by atoms with E-state index in [1.54, 1.807) is 36.4 Å². The van der Waals surface area contributed by atoms with Gasteiger partial charge in [0.15, 0.2) is 0 Å². The average Bonchev–Trinajstić information content (AvgIpc) is 2.65. The van der Waals surface area contributed by atoms with Crippen molar-refractivity contribution in [3.63, 3.8) is 0 Å². The molecule has 3 rings (SSSR count). The minimum absolute atomic E-state index is 0.186. The van der Waals surface area contributed by atoms with Gasteiger partial charge in [0, 0.05) is 29.0 Å².